The Morgan fingerprint density at radius 2 is 2.00 bits per heavy atom. The SMILES string of the molecule is CC(C)(C#N)CCCNC1C2(C)CCC(C2)C1(C)C. The molecule has 2 nitrogen and oxygen atoms in total. The first kappa shape index (κ1) is 14.9. The molecule has 2 saturated carbocycles. The van der Waals surface area contributed by atoms with Crippen LogP contribution in [0.3, 0.4) is 0 Å². The van der Waals surface area contributed by atoms with Crippen molar-refractivity contribution < 1.29 is 0 Å². The molecule has 0 aromatic rings. The maximum Gasteiger partial charge on any atom is 0.0683 e. The highest BCUT2D eigenvalue weighted by Crippen LogP contribution is 2.62. The third-order valence-corrected chi connectivity index (χ3v) is 5.90. The summed E-state index contributed by atoms with van der Waals surface area (Å²) in [5.74, 6) is 0.908. The van der Waals surface area contributed by atoms with Crippen LogP contribution in [0, 0.1) is 33.5 Å². The van der Waals surface area contributed by atoms with Gasteiger partial charge in [0.25, 0.3) is 0 Å². The third-order valence-electron chi connectivity index (χ3n) is 5.90. The first-order valence-electron chi connectivity index (χ1n) is 7.86. The molecule has 0 aromatic heterocycles. The molecule has 19 heavy (non-hydrogen) atoms. The predicted octanol–water partition coefficient (Wildman–Crippen LogP) is 4.12. The Labute approximate surface area is 119 Å². The summed E-state index contributed by atoms with van der Waals surface area (Å²) in [6.45, 7) is 12.5. The summed E-state index contributed by atoms with van der Waals surface area (Å²) >= 11 is 0. The lowest BCUT2D eigenvalue weighted by molar-refractivity contribution is 0.108. The van der Waals surface area contributed by atoms with Gasteiger partial charge in [-0.2, -0.15) is 5.26 Å². The summed E-state index contributed by atoms with van der Waals surface area (Å²) in [6, 6.07) is 3.05. The van der Waals surface area contributed by atoms with Gasteiger partial charge in [-0.05, 0) is 69.2 Å². The molecule has 0 heterocycles. The molecule has 3 unspecified atom stereocenters. The van der Waals surface area contributed by atoms with Gasteiger partial charge in [0, 0.05) is 6.04 Å². The van der Waals surface area contributed by atoms with Crippen LogP contribution in [0.1, 0.15) is 66.7 Å². The fraction of sp³-hybridized carbons (Fsp3) is 0.941. The lowest BCUT2D eigenvalue weighted by Crippen LogP contribution is -2.50. The van der Waals surface area contributed by atoms with E-state index in [9.17, 15) is 0 Å². The Bertz CT molecular complexity index is 372. The van der Waals surface area contributed by atoms with Crippen LogP contribution < -0.4 is 5.32 Å². The Hall–Kier alpha value is -0.550. The number of nitrogens with one attached hydrogen (secondary N) is 1. The van der Waals surface area contributed by atoms with Crippen molar-refractivity contribution in [3.8, 4) is 6.07 Å². The van der Waals surface area contributed by atoms with Crippen molar-refractivity contribution in [3.63, 3.8) is 0 Å². The molecule has 0 aromatic carbocycles. The van der Waals surface area contributed by atoms with E-state index in [1.807, 2.05) is 13.8 Å². The fourth-order valence-corrected chi connectivity index (χ4v) is 4.64. The molecule has 0 aliphatic heterocycles. The van der Waals surface area contributed by atoms with Gasteiger partial charge < -0.3 is 5.32 Å². The van der Waals surface area contributed by atoms with Crippen LogP contribution in [0.2, 0.25) is 0 Å². The zero-order chi connectivity index (χ0) is 14.3. The van der Waals surface area contributed by atoms with Gasteiger partial charge in [-0.3, -0.25) is 0 Å². The zero-order valence-corrected chi connectivity index (χ0v) is 13.3. The molecule has 1 N–H and O–H groups in total. The Morgan fingerprint density at radius 1 is 1.32 bits per heavy atom. The molecular formula is C17H30N2. The highest BCUT2D eigenvalue weighted by Gasteiger charge is 2.58. The third kappa shape index (κ3) is 2.68. The van der Waals surface area contributed by atoms with E-state index in [-0.39, 0.29) is 5.41 Å². The second-order valence-corrected chi connectivity index (χ2v) is 8.40. The largest absolute Gasteiger partial charge is 0.313 e. The minimum Gasteiger partial charge on any atom is -0.313 e. The quantitative estimate of drug-likeness (QED) is 0.756. The van der Waals surface area contributed by atoms with Crippen LogP contribution in [0.15, 0.2) is 0 Å². The van der Waals surface area contributed by atoms with Crippen molar-refractivity contribution in [2.24, 2.45) is 22.2 Å². The topological polar surface area (TPSA) is 35.8 Å². The highest BCUT2D eigenvalue weighted by atomic mass is 15.0. The number of rotatable bonds is 5. The summed E-state index contributed by atoms with van der Waals surface area (Å²) in [4.78, 5) is 0. The van der Waals surface area contributed by atoms with Gasteiger partial charge >= 0.3 is 0 Å². The lowest BCUT2D eigenvalue weighted by Gasteiger charge is -2.43. The maximum atomic E-state index is 9.04. The second kappa shape index (κ2) is 4.77. The van der Waals surface area contributed by atoms with Crippen LogP contribution in [0.25, 0.3) is 0 Å². The van der Waals surface area contributed by atoms with E-state index in [1.54, 1.807) is 0 Å². The molecule has 0 radical (unpaired) electrons. The van der Waals surface area contributed by atoms with Gasteiger partial charge in [-0.1, -0.05) is 20.8 Å². The van der Waals surface area contributed by atoms with Crippen LogP contribution in [0.5, 0.6) is 0 Å². The molecule has 2 heteroatoms. The maximum absolute atomic E-state index is 9.04. The molecule has 2 fully saturated rings. The summed E-state index contributed by atoms with van der Waals surface area (Å²) in [5.41, 5.74) is 0.784. The normalized spacial score (nSPS) is 36.4. The number of nitriles is 1. The summed E-state index contributed by atoms with van der Waals surface area (Å²) in [7, 11) is 0. The van der Waals surface area contributed by atoms with Crippen molar-refractivity contribution in [2.45, 2.75) is 72.8 Å². The van der Waals surface area contributed by atoms with Gasteiger partial charge in [-0.25, -0.2) is 0 Å². The highest BCUT2D eigenvalue weighted by molar-refractivity contribution is 5.11. The van der Waals surface area contributed by atoms with Gasteiger partial charge in [0.1, 0.15) is 0 Å². The second-order valence-electron chi connectivity index (χ2n) is 8.40. The van der Waals surface area contributed by atoms with Crippen molar-refractivity contribution >= 4 is 0 Å². The first-order valence-corrected chi connectivity index (χ1v) is 7.86. The van der Waals surface area contributed by atoms with E-state index in [2.05, 4.69) is 32.2 Å². The molecule has 2 aliphatic rings. The van der Waals surface area contributed by atoms with Crippen molar-refractivity contribution in [2.75, 3.05) is 6.54 Å². The van der Waals surface area contributed by atoms with Gasteiger partial charge in [-0.15, -0.1) is 0 Å². The molecule has 0 spiro atoms. The van der Waals surface area contributed by atoms with Crippen molar-refractivity contribution in [1.29, 1.82) is 5.26 Å². The van der Waals surface area contributed by atoms with E-state index in [0.29, 0.717) is 16.9 Å². The van der Waals surface area contributed by atoms with E-state index < -0.39 is 0 Å². The first-order chi connectivity index (χ1) is 8.71. The monoisotopic (exact) mass is 262 g/mol. The molecular weight excluding hydrogens is 232 g/mol. The number of hydrogen-bond donors (Lipinski definition) is 1. The molecule has 0 saturated heterocycles. The molecule has 2 bridgehead atoms. The summed E-state index contributed by atoms with van der Waals surface area (Å²) in [6.07, 6.45) is 6.31. The van der Waals surface area contributed by atoms with Gasteiger partial charge in [0.05, 0.1) is 11.5 Å². The molecule has 0 amide bonds. The van der Waals surface area contributed by atoms with Crippen LogP contribution in [-0.4, -0.2) is 12.6 Å². The number of hydrogen-bond acceptors (Lipinski definition) is 2. The van der Waals surface area contributed by atoms with E-state index in [1.165, 1.54) is 19.3 Å². The number of nitrogens with zero attached hydrogens (tertiary/aromatic N) is 1. The fourth-order valence-electron chi connectivity index (χ4n) is 4.64. The van der Waals surface area contributed by atoms with Crippen molar-refractivity contribution in [3.05, 3.63) is 0 Å². The van der Waals surface area contributed by atoms with E-state index in [0.717, 1.165) is 25.3 Å². The predicted molar refractivity (Wildman–Crippen MR) is 79.6 cm³/mol. The van der Waals surface area contributed by atoms with Gasteiger partial charge in [0.15, 0.2) is 0 Å². The standard InChI is InChI=1S/C17H30N2/c1-15(2,12-18)8-6-10-19-14-16(3,4)13-7-9-17(14,5)11-13/h13-14,19H,6-11H2,1-5H3. The molecule has 108 valence electrons. The van der Waals surface area contributed by atoms with Crippen LogP contribution >= 0.6 is 0 Å². The molecule has 2 aliphatic carbocycles. The zero-order valence-electron chi connectivity index (χ0n) is 13.3. The lowest BCUT2D eigenvalue weighted by atomic mass is 9.68. The minimum absolute atomic E-state index is 0.171. The molecule has 3 atom stereocenters. The summed E-state index contributed by atoms with van der Waals surface area (Å²) in [5, 5.41) is 12.9. The average molecular weight is 262 g/mol. The Balaban J connectivity index is 1.85. The Morgan fingerprint density at radius 3 is 2.53 bits per heavy atom. The van der Waals surface area contributed by atoms with E-state index >= 15 is 0 Å². The van der Waals surface area contributed by atoms with Gasteiger partial charge in [0.2, 0.25) is 0 Å². The molecule has 2 rings (SSSR count). The smallest absolute Gasteiger partial charge is 0.0683 e. The average Bonchev–Trinajstić information content (AvgIpc) is 2.79. The summed E-state index contributed by atoms with van der Waals surface area (Å²) < 4.78 is 0. The van der Waals surface area contributed by atoms with Crippen LogP contribution in [0.4, 0.5) is 0 Å². The minimum atomic E-state index is -0.171. The number of fused-ring (bicyclic) bond motifs is 2. The van der Waals surface area contributed by atoms with Crippen molar-refractivity contribution in [1.82, 2.24) is 5.32 Å². The van der Waals surface area contributed by atoms with E-state index in [4.69, 9.17) is 5.26 Å². The Kier molecular flexibility index (Phi) is 3.73. The van der Waals surface area contributed by atoms with Crippen LogP contribution in [-0.2, 0) is 0 Å².